The van der Waals surface area contributed by atoms with Crippen molar-refractivity contribution in [2.45, 2.75) is 71.4 Å². The Kier molecular flexibility index (Phi) is 11.5. The Hall–Kier alpha value is -4.09. The molecule has 3 aromatic rings. The van der Waals surface area contributed by atoms with E-state index in [0.29, 0.717) is 38.5 Å². The maximum absolute atomic E-state index is 13.7. The molecule has 3 rings (SSSR count). The predicted octanol–water partition coefficient (Wildman–Crippen LogP) is 6.57. The standard InChI is InChI=1S/C34H42ClN3O7S/c1-20-18-29(21(2)17-27(20)35)46(42,43)37-26-12-10-11-24(19-26)25-15-22(3)30(23(4)16-25)31(39)38(8)28(32(40)44-9)13-14-36-33(41)45-34(5,6)7/h10-12,15-19,28,37H,13-14H2,1-9H3,(H,36,41)/t28-/m0/s1. The van der Waals surface area contributed by atoms with Crippen molar-refractivity contribution in [2.75, 3.05) is 25.4 Å². The SMILES string of the molecule is COC(=O)[C@H](CCNC(=O)OC(C)(C)C)N(C)C(=O)c1c(C)cc(-c2cccc(NS(=O)(=O)c3cc(C)c(Cl)cc3C)c2)cc1C. The number of sulfonamides is 1. The summed E-state index contributed by atoms with van der Waals surface area (Å²) < 4.78 is 39.4. The first kappa shape index (κ1) is 36.4. The Balaban J connectivity index is 1.84. The lowest BCUT2D eigenvalue weighted by molar-refractivity contribution is -0.145. The summed E-state index contributed by atoms with van der Waals surface area (Å²) in [5, 5.41) is 3.10. The summed E-state index contributed by atoms with van der Waals surface area (Å²) in [5.41, 5.74) is 4.16. The van der Waals surface area contributed by atoms with E-state index in [-0.39, 0.29) is 23.8 Å². The summed E-state index contributed by atoms with van der Waals surface area (Å²) in [6, 6.07) is 12.9. The van der Waals surface area contributed by atoms with Gasteiger partial charge in [-0.2, -0.15) is 0 Å². The molecule has 0 saturated carbocycles. The molecule has 2 N–H and O–H groups in total. The number of esters is 1. The molecule has 0 aromatic heterocycles. The highest BCUT2D eigenvalue weighted by Gasteiger charge is 2.30. The summed E-state index contributed by atoms with van der Waals surface area (Å²) >= 11 is 6.16. The normalized spacial score (nSPS) is 12.2. The van der Waals surface area contributed by atoms with Crippen LogP contribution < -0.4 is 10.0 Å². The minimum Gasteiger partial charge on any atom is -0.467 e. The van der Waals surface area contributed by atoms with Crippen molar-refractivity contribution in [3.8, 4) is 11.1 Å². The number of hydrogen-bond donors (Lipinski definition) is 2. The minimum atomic E-state index is -3.89. The molecular weight excluding hydrogens is 630 g/mol. The highest BCUT2D eigenvalue weighted by molar-refractivity contribution is 7.92. The quantitative estimate of drug-likeness (QED) is 0.233. The monoisotopic (exact) mass is 671 g/mol. The van der Waals surface area contributed by atoms with Gasteiger partial charge in [-0.1, -0.05) is 35.9 Å². The van der Waals surface area contributed by atoms with Crippen molar-refractivity contribution in [1.82, 2.24) is 10.2 Å². The van der Waals surface area contributed by atoms with Gasteiger partial charge < -0.3 is 19.7 Å². The summed E-state index contributed by atoms with van der Waals surface area (Å²) in [4.78, 5) is 39.9. The van der Waals surface area contributed by atoms with E-state index in [1.807, 2.05) is 18.2 Å². The molecule has 0 spiro atoms. The smallest absolute Gasteiger partial charge is 0.407 e. The van der Waals surface area contributed by atoms with E-state index in [0.717, 1.165) is 11.1 Å². The zero-order valence-corrected chi connectivity index (χ0v) is 29.3. The second-order valence-corrected chi connectivity index (χ2v) is 14.3. The number of methoxy groups -OCH3 is 1. The molecular formula is C34H42ClN3O7S. The molecule has 2 amide bonds. The number of halogens is 1. The highest BCUT2D eigenvalue weighted by atomic mass is 35.5. The third-order valence-electron chi connectivity index (χ3n) is 7.29. The molecule has 0 saturated heterocycles. The van der Waals surface area contributed by atoms with Crippen LogP contribution in [0.25, 0.3) is 11.1 Å². The second kappa shape index (κ2) is 14.6. The van der Waals surface area contributed by atoms with Gasteiger partial charge in [-0.25, -0.2) is 18.0 Å². The van der Waals surface area contributed by atoms with Crippen molar-refractivity contribution in [3.05, 3.63) is 81.4 Å². The van der Waals surface area contributed by atoms with Crippen LogP contribution in [0.4, 0.5) is 10.5 Å². The van der Waals surface area contributed by atoms with E-state index in [2.05, 4.69) is 10.0 Å². The largest absolute Gasteiger partial charge is 0.467 e. The topological polar surface area (TPSA) is 131 Å². The average molecular weight is 672 g/mol. The summed E-state index contributed by atoms with van der Waals surface area (Å²) in [6.07, 6.45) is -0.512. The number of anilines is 1. The van der Waals surface area contributed by atoms with Gasteiger partial charge in [0, 0.05) is 29.9 Å². The number of benzene rings is 3. The fourth-order valence-corrected chi connectivity index (χ4v) is 6.61. The van der Waals surface area contributed by atoms with Crippen molar-refractivity contribution in [3.63, 3.8) is 0 Å². The molecule has 1 atom stereocenters. The van der Waals surface area contributed by atoms with Gasteiger partial charge in [0.25, 0.3) is 15.9 Å². The van der Waals surface area contributed by atoms with E-state index in [4.69, 9.17) is 21.1 Å². The van der Waals surface area contributed by atoms with Crippen LogP contribution in [0.1, 0.15) is 59.8 Å². The van der Waals surface area contributed by atoms with Gasteiger partial charge >= 0.3 is 12.1 Å². The summed E-state index contributed by atoms with van der Waals surface area (Å²) in [5.74, 6) is -0.999. The Morgan fingerprint density at radius 1 is 0.913 bits per heavy atom. The maximum Gasteiger partial charge on any atom is 0.407 e. The number of aryl methyl sites for hydroxylation is 4. The van der Waals surface area contributed by atoms with E-state index in [1.54, 1.807) is 78.8 Å². The van der Waals surface area contributed by atoms with E-state index in [9.17, 15) is 22.8 Å². The number of carbonyl (C=O) groups excluding carboxylic acids is 3. The van der Waals surface area contributed by atoms with Gasteiger partial charge in [-0.15, -0.1) is 0 Å². The van der Waals surface area contributed by atoms with Crippen molar-refractivity contribution in [2.24, 2.45) is 0 Å². The molecule has 0 fully saturated rings. The van der Waals surface area contributed by atoms with Gasteiger partial charge in [-0.05, 0) is 113 Å². The minimum absolute atomic E-state index is 0.0838. The van der Waals surface area contributed by atoms with Crippen LogP contribution in [0.5, 0.6) is 0 Å². The van der Waals surface area contributed by atoms with Crippen LogP contribution in [0.2, 0.25) is 5.02 Å². The number of alkyl carbamates (subject to hydrolysis) is 1. The summed E-state index contributed by atoms with van der Waals surface area (Å²) in [6.45, 7) is 12.4. The number of nitrogens with one attached hydrogen (secondary N) is 2. The van der Waals surface area contributed by atoms with E-state index >= 15 is 0 Å². The first-order chi connectivity index (χ1) is 21.3. The Labute approximate surface area is 276 Å². The van der Waals surface area contributed by atoms with Crippen LogP contribution in [-0.4, -0.2) is 63.6 Å². The zero-order chi connectivity index (χ0) is 34.6. The lowest BCUT2D eigenvalue weighted by atomic mass is 9.94. The number of amides is 2. The van der Waals surface area contributed by atoms with Crippen molar-refractivity contribution in [1.29, 1.82) is 0 Å². The van der Waals surface area contributed by atoms with Gasteiger partial charge in [0.2, 0.25) is 0 Å². The van der Waals surface area contributed by atoms with Crippen LogP contribution in [0, 0.1) is 27.7 Å². The third-order valence-corrected chi connectivity index (χ3v) is 9.22. The third kappa shape index (κ3) is 9.01. The first-order valence-corrected chi connectivity index (χ1v) is 16.5. The number of likely N-dealkylation sites (N-methyl/N-ethyl adjacent to an activating group) is 1. The average Bonchev–Trinajstić information content (AvgIpc) is 2.95. The predicted molar refractivity (Wildman–Crippen MR) is 180 cm³/mol. The van der Waals surface area contributed by atoms with Crippen LogP contribution in [0.15, 0.2) is 53.4 Å². The number of ether oxygens (including phenoxy) is 2. The van der Waals surface area contributed by atoms with Gasteiger partial charge in [-0.3, -0.25) is 9.52 Å². The molecule has 0 heterocycles. The van der Waals surface area contributed by atoms with Gasteiger partial charge in [0.05, 0.1) is 12.0 Å². The molecule has 0 bridgehead atoms. The van der Waals surface area contributed by atoms with Gasteiger partial charge in [0.15, 0.2) is 0 Å². The van der Waals surface area contributed by atoms with Gasteiger partial charge in [0.1, 0.15) is 11.6 Å². The van der Waals surface area contributed by atoms with Crippen molar-refractivity contribution < 1.29 is 32.3 Å². The molecule has 0 radical (unpaired) electrons. The van der Waals surface area contributed by atoms with Crippen LogP contribution in [-0.2, 0) is 24.3 Å². The molecule has 0 aliphatic carbocycles. The van der Waals surface area contributed by atoms with E-state index < -0.39 is 33.7 Å². The molecule has 12 heteroatoms. The zero-order valence-electron chi connectivity index (χ0n) is 27.7. The van der Waals surface area contributed by atoms with Crippen LogP contribution in [0.3, 0.4) is 0 Å². The summed E-state index contributed by atoms with van der Waals surface area (Å²) in [7, 11) is -1.13. The molecule has 3 aromatic carbocycles. The lowest BCUT2D eigenvalue weighted by Gasteiger charge is -2.28. The Bertz CT molecular complexity index is 1730. The molecule has 10 nitrogen and oxygen atoms in total. The maximum atomic E-state index is 13.7. The Morgan fingerprint density at radius 2 is 1.54 bits per heavy atom. The number of carbonyl (C=O) groups is 3. The second-order valence-electron chi connectivity index (χ2n) is 12.2. The molecule has 248 valence electrons. The molecule has 0 unspecified atom stereocenters. The lowest BCUT2D eigenvalue weighted by Crippen LogP contribution is -2.45. The fourth-order valence-electron chi connectivity index (χ4n) is 5.03. The first-order valence-electron chi connectivity index (χ1n) is 14.7. The molecule has 0 aliphatic heterocycles. The number of hydrogen-bond acceptors (Lipinski definition) is 7. The fraction of sp³-hybridized carbons (Fsp3) is 0.382. The molecule has 0 aliphatic rings. The number of rotatable bonds is 10. The molecule has 46 heavy (non-hydrogen) atoms. The number of nitrogens with zero attached hydrogens (tertiary/aromatic N) is 1. The van der Waals surface area contributed by atoms with E-state index in [1.165, 1.54) is 19.1 Å². The van der Waals surface area contributed by atoms with Crippen molar-refractivity contribution >= 4 is 45.3 Å². The highest BCUT2D eigenvalue weighted by Crippen LogP contribution is 2.30. The Morgan fingerprint density at radius 3 is 2.13 bits per heavy atom. The van der Waals surface area contributed by atoms with Crippen LogP contribution >= 0.6 is 11.6 Å².